The molecule has 1 unspecified atom stereocenters. The predicted molar refractivity (Wildman–Crippen MR) is 80.3 cm³/mol. The Morgan fingerprint density at radius 1 is 1.32 bits per heavy atom. The molecule has 1 atom stereocenters. The minimum absolute atomic E-state index is 0.151. The van der Waals surface area contributed by atoms with Crippen molar-refractivity contribution in [3.63, 3.8) is 0 Å². The number of hydrogen-bond donors (Lipinski definition) is 1. The molecule has 0 amide bonds. The van der Waals surface area contributed by atoms with Crippen LogP contribution >= 0.6 is 27.3 Å². The molecule has 0 aliphatic heterocycles. The summed E-state index contributed by atoms with van der Waals surface area (Å²) in [5, 5.41) is 11.9. The maximum absolute atomic E-state index is 4.26. The molecule has 0 saturated heterocycles. The Labute approximate surface area is 123 Å². The molecule has 0 aromatic carbocycles. The molecule has 19 heavy (non-hydrogen) atoms. The average Bonchev–Trinajstić information content (AvgIpc) is 3.02. The largest absolute Gasteiger partial charge is 0.303 e. The molecule has 0 saturated carbocycles. The zero-order valence-corrected chi connectivity index (χ0v) is 12.8. The molecule has 98 valence electrons. The number of hydrogen-bond acceptors (Lipinski definition) is 4. The maximum atomic E-state index is 4.26. The van der Waals surface area contributed by atoms with Gasteiger partial charge in [-0.05, 0) is 47.1 Å². The van der Waals surface area contributed by atoms with E-state index in [1.54, 1.807) is 11.3 Å². The van der Waals surface area contributed by atoms with Gasteiger partial charge in [-0.15, -0.1) is 21.5 Å². The molecule has 0 fully saturated rings. The monoisotopic (exact) mass is 336 g/mol. The fraction of sp³-hybridized carbons (Fsp3) is 0.231. The van der Waals surface area contributed by atoms with Crippen LogP contribution in [0.15, 0.2) is 40.3 Å². The van der Waals surface area contributed by atoms with E-state index >= 15 is 0 Å². The van der Waals surface area contributed by atoms with Crippen LogP contribution in [0.3, 0.4) is 0 Å². The molecule has 4 nitrogen and oxygen atoms in total. The average molecular weight is 337 g/mol. The highest BCUT2D eigenvalue weighted by molar-refractivity contribution is 9.11. The summed E-state index contributed by atoms with van der Waals surface area (Å²) in [5.41, 5.74) is 0.880. The molecule has 1 N–H and O–H groups in total. The second kappa shape index (κ2) is 5.40. The molecule has 0 spiro atoms. The number of halogens is 1. The van der Waals surface area contributed by atoms with Gasteiger partial charge in [-0.1, -0.05) is 6.07 Å². The first-order valence-corrected chi connectivity index (χ1v) is 7.62. The number of fused-ring (bicyclic) bond motifs is 1. The van der Waals surface area contributed by atoms with E-state index < -0.39 is 0 Å². The van der Waals surface area contributed by atoms with E-state index in [4.69, 9.17) is 0 Å². The summed E-state index contributed by atoms with van der Waals surface area (Å²) in [4.78, 5) is 1.30. The highest BCUT2D eigenvalue weighted by Gasteiger charge is 2.12. The Kier molecular flexibility index (Phi) is 3.63. The minimum Gasteiger partial charge on any atom is -0.303 e. The lowest BCUT2D eigenvalue weighted by Crippen LogP contribution is -2.19. The number of nitrogens with zero attached hydrogens (tertiary/aromatic N) is 3. The first-order chi connectivity index (χ1) is 9.24. The fourth-order valence-corrected chi connectivity index (χ4v) is 3.38. The Morgan fingerprint density at radius 3 is 3.00 bits per heavy atom. The van der Waals surface area contributed by atoms with Gasteiger partial charge in [0.25, 0.3) is 0 Å². The van der Waals surface area contributed by atoms with Crippen LogP contribution < -0.4 is 5.32 Å². The second-order valence-corrected chi connectivity index (χ2v) is 6.84. The normalized spacial score (nSPS) is 12.9. The molecule has 6 heteroatoms. The Morgan fingerprint density at radius 2 is 2.21 bits per heavy atom. The van der Waals surface area contributed by atoms with Gasteiger partial charge in [0.2, 0.25) is 0 Å². The van der Waals surface area contributed by atoms with Crippen LogP contribution in [0, 0.1) is 0 Å². The van der Waals surface area contributed by atoms with Gasteiger partial charge in [0.05, 0.1) is 9.83 Å². The van der Waals surface area contributed by atoms with Gasteiger partial charge in [0.1, 0.15) is 0 Å². The third-order valence-electron chi connectivity index (χ3n) is 2.94. The fourth-order valence-electron chi connectivity index (χ4n) is 1.95. The second-order valence-electron chi connectivity index (χ2n) is 4.30. The van der Waals surface area contributed by atoms with E-state index in [1.807, 2.05) is 28.8 Å². The van der Waals surface area contributed by atoms with E-state index in [1.165, 1.54) is 4.88 Å². The molecule has 3 aromatic heterocycles. The highest BCUT2D eigenvalue weighted by atomic mass is 79.9. The van der Waals surface area contributed by atoms with Crippen LogP contribution in [0.4, 0.5) is 0 Å². The number of aromatic nitrogens is 3. The van der Waals surface area contributed by atoms with Crippen LogP contribution in [-0.4, -0.2) is 14.6 Å². The standard InChI is InChI=1S/C13H13BrN4S/c1-9(15-8-10-5-6-11(14)19-10)13-17-16-12-4-2-3-7-18(12)13/h2-7,9,15H,8H2,1H3. The van der Waals surface area contributed by atoms with Crippen molar-refractivity contribution in [3.8, 4) is 0 Å². The SMILES string of the molecule is CC(NCc1ccc(Br)s1)c1nnc2ccccn12. The summed E-state index contributed by atoms with van der Waals surface area (Å²) in [7, 11) is 0. The lowest BCUT2D eigenvalue weighted by molar-refractivity contribution is 0.545. The summed E-state index contributed by atoms with van der Waals surface area (Å²) in [6.07, 6.45) is 1.99. The first-order valence-electron chi connectivity index (χ1n) is 6.01. The van der Waals surface area contributed by atoms with Gasteiger partial charge in [0, 0.05) is 17.6 Å². The van der Waals surface area contributed by atoms with Gasteiger partial charge in [-0.2, -0.15) is 0 Å². The molecule has 0 aliphatic rings. The van der Waals surface area contributed by atoms with E-state index in [-0.39, 0.29) is 6.04 Å². The van der Waals surface area contributed by atoms with Crippen molar-refractivity contribution in [3.05, 3.63) is 51.0 Å². The number of pyridine rings is 1. The Bertz CT molecular complexity index is 691. The predicted octanol–water partition coefficient (Wildman–Crippen LogP) is 3.40. The van der Waals surface area contributed by atoms with E-state index in [9.17, 15) is 0 Å². The lowest BCUT2D eigenvalue weighted by Gasteiger charge is -2.11. The number of rotatable bonds is 4. The lowest BCUT2D eigenvalue weighted by atomic mass is 10.3. The summed E-state index contributed by atoms with van der Waals surface area (Å²) < 4.78 is 3.17. The van der Waals surface area contributed by atoms with Crippen LogP contribution in [0.1, 0.15) is 23.7 Å². The first kappa shape index (κ1) is 12.8. The summed E-state index contributed by atoms with van der Waals surface area (Å²) in [6.45, 7) is 2.94. The highest BCUT2D eigenvalue weighted by Crippen LogP contribution is 2.22. The molecule has 3 aromatic rings. The van der Waals surface area contributed by atoms with Crippen molar-refractivity contribution in [2.45, 2.75) is 19.5 Å². The van der Waals surface area contributed by atoms with E-state index in [0.29, 0.717) is 0 Å². The third-order valence-corrected chi connectivity index (χ3v) is 4.56. The Hall–Kier alpha value is -1.24. The quantitative estimate of drug-likeness (QED) is 0.793. The van der Waals surface area contributed by atoms with Crippen molar-refractivity contribution < 1.29 is 0 Å². The Balaban J connectivity index is 1.75. The van der Waals surface area contributed by atoms with Gasteiger partial charge in [-0.3, -0.25) is 4.40 Å². The van der Waals surface area contributed by atoms with Crippen LogP contribution in [0.2, 0.25) is 0 Å². The topological polar surface area (TPSA) is 42.2 Å². The summed E-state index contributed by atoms with van der Waals surface area (Å²) in [5.74, 6) is 0.936. The summed E-state index contributed by atoms with van der Waals surface area (Å²) >= 11 is 5.22. The van der Waals surface area contributed by atoms with Gasteiger partial charge >= 0.3 is 0 Å². The molecular weight excluding hydrogens is 324 g/mol. The third kappa shape index (κ3) is 2.70. The molecular formula is C13H13BrN4S. The molecule has 0 bridgehead atoms. The summed E-state index contributed by atoms with van der Waals surface area (Å²) in [6, 6.07) is 10.3. The zero-order chi connectivity index (χ0) is 13.2. The molecule has 3 heterocycles. The van der Waals surface area contributed by atoms with Crippen molar-refractivity contribution in [1.82, 2.24) is 19.9 Å². The zero-order valence-electron chi connectivity index (χ0n) is 10.4. The minimum atomic E-state index is 0.151. The van der Waals surface area contributed by atoms with Gasteiger partial charge in [-0.25, -0.2) is 0 Å². The van der Waals surface area contributed by atoms with Crippen LogP contribution in [0.25, 0.3) is 5.65 Å². The molecule has 3 rings (SSSR count). The van der Waals surface area contributed by atoms with Crippen molar-refractivity contribution in [2.24, 2.45) is 0 Å². The van der Waals surface area contributed by atoms with Gasteiger partial charge in [0.15, 0.2) is 11.5 Å². The van der Waals surface area contributed by atoms with E-state index in [2.05, 4.69) is 50.5 Å². The van der Waals surface area contributed by atoms with Crippen LogP contribution in [0.5, 0.6) is 0 Å². The van der Waals surface area contributed by atoms with Crippen LogP contribution in [-0.2, 0) is 6.54 Å². The van der Waals surface area contributed by atoms with Crippen molar-refractivity contribution >= 4 is 32.9 Å². The van der Waals surface area contributed by atoms with E-state index in [0.717, 1.165) is 21.8 Å². The number of thiophene rings is 1. The van der Waals surface area contributed by atoms with Gasteiger partial charge < -0.3 is 5.32 Å². The smallest absolute Gasteiger partial charge is 0.160 e. The molecule has 0 radical (unpaired) electrons. The van der Waals surface area contributed by atoms with Crippen molar-refractivity contribution in [1.29, 1.82) is 0 Å². The van der Waals surface area contributed by atoms with Crippen molar-refractivity contribution in [2.75, 3.05) is 0 Å². The maximum Gasteiger partial charge on any atom is 0.160 e. The molecule has 0 aliphatic carbocycles. The number of nitrogens with one attached hydrogen (secondary N) is 1.